The zero-order valence-electron chi connectivity index (χ0n) is 18.1. The number of hydrogen-bond acceptors (Lipinski definition) is 5. The maximum Gasteiger partial charge on any atom is 0.326 e. The van der Waals surface area contributed by atoms with E-state index in [9.17, 15) is 9.59 Å². The van der Waals surface area contributed by atoms with Gasteiger partial charge < -0.3 is 14.8 Å². The van der Waals surface area contributed by atoms with E-state index < -0.39 is 5.54 Å². The topological polar surface area (TPSA) is 71.1 Å². The lowest BCUT2D eigenvalue weighted by Crippen LogP contribution is -2.46. The van der Waals surface area contributed by atoms with E-state index >= 15 is 0 Å². The Balaban J connectivity index is 1.72. The summed E-state index contributed by atoms with van der Waals surface area (Å²) in [5, 5.41) is 3.01. The fourth-order valence-corrected chi connectivity index (χ4v) is 4.42. The third-order valence-corrected chi connectivity index (χ3v) is 6.19. The van der Waals surface area contributed by atoms with Crippen LogP contribution in [0.3, 0.4) is 0 Å². The molecule has 2 aliphatic heterocycles. The standard InChI is InChI=1S/C24H29N3O4/c1-30-20-11-7-18(8-12-20)24(19-9-13-21(31-2)14-10-19)22(28)27(23(29)25-24)17-26-15-5-3-4-6-16-26/h7-14H,3-6,15-17H2,1-2H3,(H,25,29). The highest BCUT2D eigenvalue weighted by molar-refractivity contribution is 6.09. The summed E-state index contributed by atoms with van der Waals surface area (Å²) in [5.74, 6) is 1.11. The molecule has 0 bridgehead atoms. The number of nitrogens with one attached hydrogen (secondary N) is 1. The van der Waals surface area contributed by atoms with Crippen molar-refractivity contribution in [2.24, 2.45) is 0 Å². The smallest absolute Gasteiger partial charge is 0.326 e. The van der Waals surface area contributed by atoms with Crippen molar-refractivity contribution >= 4 is 11.9 Å². The molecule has 1 N–H and O–H groups in total. The summed E-state index contributed by atoms with van der Waals surface area (Å²) in [6.45, 7) is 2.10. The van der Waals surface area contributed by atoms with Crippen molar-refractivity contribution in [3.05, 3.63) is 59.7 Å². The second kappa shape index (κ2) is 8.98. The van der Waals surface area contributed by atoms with Crippen molar-refractivity contribution in [2.45, 2.75) is 31.2 Å². The van der Waals surface area contributed by atoms with Gasteiger partial charge in [0.1, 0.15) is 11.5 Å². The molecule has 3 amide bonds. The fraction of sp³-hybridized carbons (Fsp3) is 0.417. The van der Waals surface area contributed by atoms with Crippen molar-refractivity contribution in [1.29, 1.82) is 0 Å². The monoisotopic (exact) mass is 423 g/mol. The minimum Gasteiger partial charge on any atom is -0.497 e. The molecule has 0 unspecified atom stereocenters. The molecular formula is C24H29N3O4. The van der Waals surface area contributed by atoms with Crippen LogP contribution in [0.15, 0.2) is 48.5 Å². The number of benzene rings is 2. The van der Waals surface area contributed by atoms with Gasteiger partial charge in [-0.05, 0) is 61.3 Å². The van der Waals surface area contributed by atoms with Crippen LogP contribution < -0.4 is 14.8 Å². The molecule has 0 aliphatic carbocycles. The Hall–Kier alpha value is -3.06. The van der Waals surface area contributed by atoms with Crippen LogP contribution in [0.5, 0.6) is 11.5 Å². The molecule has 7 nitrogen and oxygen atoms in total. The van der Waals surface area contributed by atoms with Crippen LogP contribution >= 0.6 is 0 Å². The van der Waals surface area contributed by atoms with E-state index in [-0.39, 0.29) is 11.9 Å². The number of amides is 3. The number of rotatable bonds is 6. The SMILES string of the molecule is COc1ccc(C2(c3ccc(OC)cc3)NC(=O)N(CN3CCCCCC3)C2=O)cc1. The Morgan fingerprint density at radius 3 is 1.74 bits per heavy atom. The first-order valence-electron chi connectivity index (χ1n) is 10.7. The number of likely N-dealkylation sites (tertiary alicyclic amines) is 1. The van der Waals surface area contributed by atoms with Crippen molar-refractivity contribution < 1.29 is 19.1 Å². The first-order chi connectivity index (χ1) is 15.1. The molecule has 2 aliphatic rings. The van der Waals surface area contributed by atoms with Crippen LogP contribution in [-0.2, 0) is 10.3 Å². The van der Waals surface area contributed by atoms with E-state index in [1.54, 1.807) is 38.5 Å². The first-order valence-corrected chi connectivity index (χ1v) is 10.7. The van der Waals surface area contributed by atoms with Crippen molar-refractivity contribution in [3.8, 4) is 11.5 Å². The van der Waals surface area contributed by atoms with Gasteiger partial charge in [-0.3, -0.25) is 9.69 Å². The van der Waals surface area contributed by atoms with Crippen LogP contribution in [0.1, 0.15) is 36.8 Å². The lowest BCUT2D eigenvalue weighted by atomic mass is 9.82. The van der Waals surface area contributed by atoms with E-state index in [1.807, 2.05) is 24.3 Å². The summed E-state index contributed by atoms with van der Waals surface area (Å²) in [6, 6.07) is 14.2. The Morgan fingerprint density at radius 1 is 0.806 bits per heavy atom. The minimum atomic E-state index is -1.29. The lowest BCUT2D eigenvalue weighted by Gasteiger charge is -2.29. The zero-order chi connectivity index (χ0) is 21.8. The van der Waals surface area contributed by atoms with Gasteiger partial charge in [0, 0.05) is 0 Å². The summed E-state index contributed by atoms with van der Waals surface area (Å²) >= 11 is 0. The summed E-state index contributed by atoms with van der Waals surface area (Å²) in [4.78, 5) is 30.5. The van der Waals surface area contributed by atoms with Crippen LogP contribution in [-0.4, -0.2) is 55.7 Å². The number of carbonyl (C=O) groups is 2. The third-order valence-electron chi connectivity index (χ3n) is 6.19. The lowest BCUT2D eigenvalue weighted by molar-refractivity contribution is -0.131. The predicted molar refractivity (Wildman–Crippen MR) is 117 cm³/mol. The maximum absolute atomic E-state index is 13.9. The predicted octanol–water partition coefficient (Wildman–Crippen LogP) is 3.33. The number of hydrogen-bond donors (Lipinski definition) is 1. The molecule has 0 spiro atoms. The molecule has 7 heteroatoms. The minimum absolute atomic E-state index is 0.267. The second-order valence-corrected chi connectivity index (χ2v) is 8.04. The number of urea groups is 1. The fourth-order valence-electron chi connectivity index (χ4n) is 4.42. The van der Waals surface area contributed by atoms with Gasteiger partial charge in [-0.15, -0.1) is 0 Å². The average Bonchev–Trinajstić information content (AvgIpc) is 2.97. The third kappa shape index (κ3) is 3.97. The summed E-state index contributed by atoms with van der Waals surface area (Å²) in [7, 11) is 3.19. The van der Waals surface area contributed by atoms with Gasteiger partial charge in [0.05, 0.1) is 20.9 Å². The highest BCUT2D eigenvalue weighted by Crippen LogP contribution is 2.37. The zero-order valence-corrected chi connectivity index (χ0v) is 18.1. The molecule has 0 aromatic heterocycles. The number of nitrogens with zero attached hydrogens (tertiary/aromatic N) is 2. The Kier molecular flexibility index (Phi) is 6.13. The van der Waals surface area contributed by atoms with Crippen molar-refractivity contribution in [1.82, 2.24) is 15.1 Å². The van der Waals surface area contributed by atoms with Crippen LogP contribution in [0.4, 0.5) is 4.79 Å². The van der Waals surface area contributed by atoms with Gasteiger partial charge in [-0.25, -0.2) is 9.69 Å². The summed E-state index contributed by atoms with van der Waals surface area (Å²) < 4.78 is 10.6. The van der Waals surface area contributed by atoms with Crippen LogP contribution in [0.2, 0.25) is 0 Å². The number of imide groups is 1. The van der Waals surface area contributed by atoms with E-state index in [0.29, 0.717) is 29.3 Å². The van der Waals surface area contributed by atoms with Gasteiger partial charge in [0.25, 0.3) is 5.91 Å². The molecule has 2 saturated heterocycles. The molecule has 2 heterocycles. The van der Waals surface area contributed by atoms with Crippen LogP contribution in [0, 0.1) is 0 Å². The van der Waals surface area contributed by atoms with E-state index in [2.05, 4.69) is 10.2 Å². The largest absolute Gasteiger partial charge is 0.497 e. The molecule has 31 heavy (non-hydrogen) atoms. The van der Waals surface area contributed by atoms with Gasteiger partial charge >= 0.3 is 6.03 Å². The average molecular weight is 424 g/mol. The maximum atomic E-state index is 13.9. The van der Waals surface area contributed by atoms with Gasteiger partial charge in [-0.1, -0.05) is 37.1 Å². The number of carbonyl (C=O) groups excluding carboxylic acids is 2. The Morgan fingerprint density at radius 2 is 1.29 bits per heavy atom. The summed E-state index contributed by atoms with van der Waals surface area (Å²) in [5.41, 5.74) is 0.0898. The van der Waals surface area contributed by atoms with E-state index in [1.165, 1.54) is 17.7 Å². The molecular weight excluding hydrogens is 394 g/mol. The molecule has 0 radical (unpaired) electrons. The Labute approximate surface area is 182 Å². The van der Waals surface area contributed by atoms with E-state index in [4.69, 9.17) is 9.47 Å². The normalized spacial score (nSPS) is 19.1. The molecule has 2 aromatic rings. The first kappa shape index (κ1) is 21.2. The number of ether oxygens (including phenoxy) is 2. The summed E-state index contributed by atoms with van der Waals surface area (Å²) in [6.07, 6.45) is 4.56. The molecule has 2 aromatic carbocycles. The second-order valence-electron chi connectivity index (χ2n) is 8.04. The molecule has 2 fully saturated rings. The van der Waals surface area contributed by atoms with Gasteiger partial charge in [-0.2, -0.15) is 0 Å². The molecule has 4 rings (SSSR count). The van der Waals surface area contributed by atoms with Crippen molar-refractivity contribution in [3.63, 3.8) is 0 Å². The molecule has 164 valence electrons. The highest BCUT2D eigenvalue weighted by atomic mass is 16.5. The Bertz CT molecular complexity index is 871. The number of methoxy groups -OCH3 is 2. The van der Waals surface area contributed by atoms with Crippen LogP contribution in [0.25, 0.3) is 0 Å². The van der Waals surface area contributed by atoms with E-state index in [0.717, 1.165) is 25.9 Å². The van der Waals surface area contributed by atoms with Gasteiger partial charge in [0.2, 0.25) is 0 Å². The van der Waals surface area contributed by atoms with Crippen molar-refractivity contribution in [2.75, 3.05) is 34.0 Å². The molecule has 0 saturated carbocycles. The molecule has 0 atom stereocenters. The van der Waals surface area contributed by atoms with Gasteiger partial charge in [0.15, 0.2) is 5.54 Å². The highest BCUT2D eigenvalue weighted by Gasteiger charge is 2.54. The quantitative estimate of drug-likeness (QED) is 0.722.